The summed E-state index contributed by atoms with van der Waals surface area (Å²) in [7, 11) is 0. The van der Waals surface area contributed by atoms with Gasteiger partial charge in [0.15, 0.2) is 0 Å². The molecule has 2 rings (SSSR count). The lowest BCUT2D eigenvalue weighted by Gasteiger charge is -2.02. The molecule has 0 aromatic heterocycles. The van der Waals surface area contributed by atoms with Gasteiger partial charge in [0.1, 0.15) is 11.5 Å². The Labute approximate surface area is 123 Å². The minimum Gasteiger partial charge on any atom is -0.507 e. The van der Waals surface area contributed by atoms with Crippen molar-refractivity contribution < 1.29 is 15.0 Å². The summed E-state index contributed by atoms with van der Waals surface area (Å²) in [6.07, 6.45) is 1.32. The first-order valence-electron chi connectivity index (χ1n) is 5.68. The van der Waals surface area contributed by atoms with E-state index < -0.39 is 5.91 Å². The first-order chi connectivity index (χ1) is 9.58. The highest BCUT2D eigenvalue weighted by Gasteiger charge is 2.08. The number of aromatic hydroxyl groups is 2. The van der Waals surface area contributed by atoms with E-state index >= 15 is 0 Å². The highest BCUT2D eigenvalue weighted by atomic mass is 79.9. The van der Waals surface area contributed by atoms with Gasteiger partial charge < -0.3 is 10.2 Å². The van der Waals surface area contributed by atoms with Gasteiger partial charge in [0, 0.05) is 10.0 Å². The third-order valence-electron chi connectivity index (χ3n) is 2.51. The van der Waals surface area contributed by atoms with Crippen LogP contribution in [0.25, 0.3) is 0 Å². The van der Waals surface area contributed by atoms with Crippen LogP contribution in [0.3, 0.4) is 0 Å². The summed E-state index contributed by atoms with van der Waals surface area (Å²) < 4.78 is 0.781. The predicted molar refractivity (Wildman–Crippen MR) is 79.0 cm³/mol. The molecular formula is C14H11BrN2O3. The van der Waals surface area contributed by atoms with Gasteiger partial charge in [0.25, 0.3) is 5.91 Å². The van der Waals surface area contributed by atoms with Crippen molar-refractivity contribution in [2.24, 2.45) is 5.10 Å². The Morgan fingerprint density at radius 3 is 2.65 bits per heavy atom. The van der Waals surface area contributed by atoms with E-state index in [1.54, 1.807) is 24.3 Å². The van der Waals surface area contributed by atoms with E-state index in [2.05, 4.69) is 26.5 Å². The van der Waals surface area contributed by atoms with Crippen molar-refractivity contribution in [1.82, 2.24) is 5.43 Å². The van der Waals surface area contributed by atoms with Crippen LogP contribution in [0.1, 0.15) is 15.9 Å². The fraction of sp³-hybridized carbons (Fsp3) is 0. The molecule has 0 radical (unpaired) electrons. The number of carbonyl (C=O) groups is 1. The summed E-state index contributed by atoms with van der Waals surface area (Å²) in [6, 6.07) is 11.0. The molecule has 0 fully saturated rings. The van der Waals surface area contributed by atoms with E-state index in [1.807, 2.05) is 0 Å². The van der Waals surface area contributed by atoms with Gasteiger partial charge in [-0.15, -0.1) is 0 Å². The largest absolute Gasteiger partial charge is 0.507 e. The Morgan fingerprint density at radius 1 is 1.15 bits per heavy atom. The Hall–Kier alpha value is -2.34. The smallest absolute Gasteiger partial charge is 0.275 e. The Bertz CT molecular complexity index is 671. The van der Waals surface area contributed by atoms with Crippen LogP contribution in [0, 0.1) is 0 Å². The molecule has 0 spiro atoms. The van der Waals surface area contributed by atoms with Crippen molar-refractivity contribution in [2.45, 2.75) is 0 Å². The highest BCUT2D eigenvalue weighted by Crippen LogP contribution is 2.20. The van der Waals surface area contributed by atoms with Gasteiger partial charge in [-0.1, -0.05) is 28.1 Å². The van der Waals surface area contributed by atoms with Crippen LogP contribution < -0.4 is 5.43 Å². The quantitative estimate of drug-likeness (QED) is 0.596. The van der Waals surface area contributed by atoms with Crippen molar-refractivity contribution in [2.75, 3.05) is 0 Å². The van der Waals surface area contributed by atoms with Crippen molar-refractivity contribution in [3.8, 4) is 11.5 Å². The number of benzene rings is 2. The van der Waals surface area contributed by atoms with Gasteiger partial charge in [-0.3, -0.25) is 4.79 Å². The third kappa shape index (κ3) is 3.36. The van der Waals surface area contributed by atoms with E-state index in [4.69, 9.17) is 0 Å². The number of rotatable bonds is 3. The van der Waals surface area contributed by atoms with Crippen molar-refractivity contribution >= 4 is 28.1 Å². The zero-order chi connectivity index (χ0) is 14.5. The lowest BCUT2D eigenvalue weighted by molar-refractivity contribution is 0.0952. The van der Waals surface area contributed by atoms with Crippen LogP contribution in [0.2, 0.25) is 0 Å². The average Bonchev–Trinajstić information content (AvgIpc) is 2.43. The molecule has 0 saturated heterocycles. The number of phenols is 2. The molecule has 6 heteroatoms. The summed E-state index contributed by atoms with van der Waals surface area (Å²) in [4.78, 5) is 11.8. The average molecular weight is 335 g/mol. The lowest BCUT2D eigenvalue weighted by atomic mass is 10.2. The van der Waals surface area contributed by atoms with Gasteiger partial charge in [0.2, 0.25) is 0 Å². The van der Waals surface area contributed by atoms with Gasteiger partial charge in [-0.2, -0.15) is 5.10 Å². The lowest BCUT2D eigenvalue weighted by Crippen LogP contribution is -2.17. The minimum atomic E-state index is -0.533. The number of hydrogen-bond acceptors (Lipinski definition) is 4. The molecular weight excluding hydrogens is 324 g/mol. The maximum absolute atomic E-state index is 11.8. The summed E-state index contributed by atoms with van der Waals surface area (Å²) in [5.74, 6) is -0.604. The summed E-state index contributed by atoms with van der Waals surface area (Å²) in [6.45, 7) is 0. The van der Waals surface area contributed by atoms with E-state index in [9.17, 15) is 15.0 Å². The molecule has 0 atom stereocenters. The first-order valence-corrected chi connectivity index (χ1v) is 6.47. The Kier molecular flexibility index (Phi) is 4.37. The molecule has 5 nitrogen and oxygen atoms in total. The Balaban J connectivity index is 2.09. The summed E-state index contributed by atoms with van der Waals surface area (Å²) in [5, 5.41) is 22.9. The van der Waals surface area contributed by atoms with Crippen molar-refractivity contribution in [3.63, 3.8) is 0 Å². The molecule has 3 N–H and O–H groups in total. The zero-order valence-electron chi connectivity index (χ0n) is 10.2. The predicted octanol–water partition coefficient (Wildman–Crippen LogP) is 2.62. The minimum absolute atomic E-state index is 0.0498. The first kappa shape index (κ1) is 14.1. The molecule has 0 aliphatic rings. The van der Waals surface area contributed by atoms with E-state index in [1.165, 1.54) is 24.4 Å². The van der Waals surface area contributed by atoms with Crippen LogP contribution in [-0.4, -0.2) is 22.3 Å². The molecule has 0 bridgehead atoms. The van der Waals surface area contributed by atoms with Gasteiger partial charge in [-0.05, 0) is 30.3 Å². The standard InChI is InChI=1S/C14H11BrN2O3/c15-10-5-6-12(18)9(7-10)8-16-17-14(20)11-3-1-2-4-13(11)19/h1-8,18-19H,(H,17,20)/b16-8-. The monoisotopic (exact) mass is 334 g/mol. The summed E-state index contributed by atoms with van der Waals surface area (Å²) >= 11 is 3.27. The highest BCUT2D eigenvalue weighted by molar-refractivity contribution is 9.10. The second-order valence-electron chi connectivity index (χ2n) is 3.92. The number of hydrogen-bond donors (Lipinski definition) is 3. The van der Waals surface area contributed by atoms with Crippen LogP contribution in [-0.2, 0) is 0 Å². The molecule has 0 unspecified atom stereocenters. The molecule has 2 aromatic carbocycles. The number of phenolic OH excluding ortho intramolecular Hbond substituents is 2. The third-order valence-corrected chi connectivity index (χ3v) is 3.00. The normalized spacial score (nSPS) is 10.7. The van der Waals surface area contributed by atoms with E-state index in [-0.39, 0.29) is 17.1 Å². The van der Waals surface area contributed by atoms with E-state index in [0.717, 1.165) is 4.47 Å². The fourth-order valence-corrected chi connectivity index (χ4v) is 1.89. The second-order valence-corrected chi connectivity index (χ2v) is 4.84. The molecule has 20 heavy (non-hydrogen) atoms. The number of amides is 1. The maximum Gasteiger partial charge on any atom is 0.275 e. The molecule has 0 aliphatic carbocycles. The fourth-order valence-electron chi connectivity index (χ4n) is 1.52. The number of nitrogens with one attached hydrogen (secondary N) is 1. The molecule has 2 aromatic rings. The molecule has 102 valence electrons. The number of carbonyl (C=O) groups excluding carboxylic acids is 1. The molecule has 0 saturated carbocycles. The Morgan fingerprint density at radius 2 is 1.90 bits per heavy atom. The van der Waals surface area contributed by atoms with Crippen molar-refractivity contribution in [1.29, 1.82) is 0 Å². The number of halogens is 1. The summed E-state index contributed by atoms with van der Waals surface area (Å²) in [5.41, 5.74) is 2.86. The second kappa shape index (κ2) is 6.21. The van der Waals surface area contributed by atoms with Gasteiger partial charge in [0.05, 0.1) is 11.8 Å². The SMILES string of the molecule is O=C(N/N=C\c1cc(Br)ccc1O)c1ccccc1O. The zero-order valence-corrected chi connectivity index (χ0v) is 11.8. The molecule has 0 aliphatic heterocycles. The maximum atomic E-state index is 11.8. The van der Waals surface area contributed by atoms with E-state index in [0.29, 0.717) is 5.56 Å². The van der Waals surface area contributed by atoms with Crippen LogP contribution in [0.4, 0.5) is 0 Å². The molecule has 0 heterocycles. The number of nitrogens with zero attached hydrogens (tertiary/aromatic N) is 1. The molecule has 1 amide bonds. The van der Waals surface area contributed by atoms with Gasteiger partial charge >= 0.3 is 0 Å². The van der Waals surface area contributed by atoms with Crippen LogP contribution in [0.5, 0.6) is 11.5 Å². The van der Waals surface area contributed by atoms with Gasteiger partial charge in [-0.25, -0.2) is 5.43 Å². The topological polar surface area (TPSA) is 81.9 Å². The van der Waals surface area contributed by atoms with Crippen LogP contribution >= 0.6 is 15.9 Å². The van der Waals surface area contributed by atoms with Crippen molar-refractivity contribution in [3.05, 3.63) is 58.1 Å². The number of hydrazone groups is 1. The van der Waals surface area contributed by atoms with Crippen LogP contribution in [0.15, 0.2) is 52.0 Å². The number of para-hydroxylation sites is 1.